The van der Waals surface area contributed by atoms with Crippen LogP contribution < -0.4 is 10.6 Å². The van der Waals surface area contributed by atoms with Crippen molar-refractivity contribution in [3.8, 4) is 5.69 Å². The van der Waals surface area contributed by atoms with Crippen LogP contribution in [0, 0.1) is 5.92 Å². The van der Waals surface area contributed by atoms with Gasteiger partial charge in [0.2, 0.25) is 5.91 Å². The average Bonchev–Trinajstić information content (AvgIpc) is 2.88. The standard InChI is InChI=1S/C14H16N4O/c19-14(7-11-8-16-9-11)17-12-3-1-2-4-13(12)18-6-5-15-10-18/h1-6,10-11,16H,7-9H2,(H,17,19). The molecular formula is C14H16N4O. The first kappa shape index (κ1) is 11.9. The van der Waals surface area contributed by atoms with Gasteiger partial charge in [0.05, 0.1) is 17.7 Å². The van der Waals surface area contributed by atoms with Gasteiger partial charge in [0, 0.05) is 18.8 Å². The number of carbonyl (C=O) groups excluding carboxylic acids is 1. The van der Waals surface area contributed by atoms with Gasteiger partial charge in [0.15, 0.2) is 0 Å². The van der Waals surface area contributed by atoms with E-state index in [0.29, 0.717) is 12.3 Å². The van der Waals surface area contributed by atoms with E-state index in [1.807, 2.05) is 35.0 Å². The van der Waals surface area contributed by atoms with Crippen molar-refractivity contribution in [3.05, 3.63) is 43.0 Å². The first-order chi connectivity index (χ1) is 9.33. The summed E-state index contributed by atoms with van der Waals surface area (Å²) >= 11 is 0. The summed E-state index contributed by atoms with van der Waals surface area (Å²) in [5.41, 5.74) is 1.75. The zero-order valence-electron chi connectivity index (χ0n) is 10.5. The van der Waals surface area contributed by atoms with E-state index in [9.17, 15) is 4.79 Å². The molecule has 1 aromatic heterocycles. The molecule has 0 aliphatic carbocycles. The summed E-state index contributed by atoms with van der Waals surface area (Å²) in [6.45, 7) is 1.88. The Morgan fingerprint density at radius 3 is 2.95 bits per heavy atom. The first-order valence-electron chi connectivity index (χ1n) is 6.41. The summed E-state index contributed by atoms with van der Waals surface area (Å²) in [6.07, 6.45) is 5.88. The molecule has 2 N–H and O–H groups in total. The van der Waals surface area contributed by atoms with Gasteiger partial charge in [-0.2, -0.15) is 0 Å². The Hall–Kier alpha value is -2.14. The lowest BCUT2D eigenvalue weighted by Crippen LogP contribution is -2.43. The smallest absolute Gasteiger partial charge is 0.224 e. The molecule has 1 aromatic carbocycles. The number of imidazole rings is 1. The van der Waals surface area contributed by atoms with Gasteiger partial charge in [-0.15, -0.1) is 0 Å². The molecule has 5 nitrogen and oxygen atoms in total. The predicted octanol–water partition coefficient (Wildman–Crippen LogP) is 1.42. The third kappa shape index (κ3) is 2.66. The maximum Gasteiger partial charge on any atom is 0.224 e. The number of hydrogen-bond acceptors (Lipinski definition) is 3. The molecule has 2 aromatic rings. The number of aromatic nitrogens is 2. The maximum absolute atomic E-state index is 12.0. The molecule has 1 fully saturated rings. The molecule has 0 bridgehead atoms. The Morgan fingerprint density at radius 1 is 1.42 bits per heavy atom. The van der Waals surface area contributed by atoms with Crippen molar-refractivity contribution in [2.75, 3.05) is 18.4 Å². The van der Waals surface area contributed by atoms with Gasteiger partial charge in [0.1, 0.15) is 0 Å². The number of hydrogen-bond donors (Lipinski definition) is 2. The number of nitrogens with zero attached hydrogens (tertiary/aromatic N) is 2. The first-order valence-corrected chi connectivity index (χ1v) is 6.41. The molecule has 0 atom stereocenters. The second-order valence-electron chi connectivity index (χ2n) is 4.76. The molecule has 19 heavy (non-hydrogen) atoms. The Labute approximate surface area is 111 Å². The summed E-state index contributed by atoms with van der Waals surface area (Å²) in [7, 11) is 0. The van der Waals surface area contributed by atoms with Crippen molar-refractivity contribution in [1.29, 1.82) is 0 Å². The summed E-state index contributed by atoms with van der Waals surface area (Å²) in [4.78, 5) is 16.0. The highest BCUT2D eigenvalue weighted by Crippen LogP contribution is 2.20. The van der Waals surface area contributed by atoms with Gasteiger partial charge in [-0.25, -0.2) is 4.98 Å². The van der Waals surface area contributed by atoms with E-state index >= 15 is 0 Å². The van der Waals surface area contributed by atoms with Crippen LogP contribution in [-0.4, -0.2) is 28.5 Å². The van der Waals surface area contributed by atoms with Crippen LogP contribution in [0.15, 0.2) is 43.0 Å². The van der Waals surface area contributed by atoms with E-state index in [1.54, 1.807) is 12.5 Å². The Morgan fingerprint density at radius 2 is 2.26 bits per heavy atom. The fraction of sp³-hybridized carbons (Fsp3) is 0.286. The van der Waals surface area contributed by atoms with E-state index in [1.165, 1.54) is 0 Å². The third-order valence-electron chi connectivity index (χ3n) is 3.30. The van der Waals surface area contributed by atoms with Crippen molar-refractivity contribution in [1.82, 2.24) is 14.9 Å². The highest BCUT2D eigenvalue weighted by atomic mass is 16.1. The molecule has 3 rings (SSSR count). The lowest BCUT2D eigenvalue weighted by atomic mass is 9.99. The van der Waals surface area contributed by atoms with Crippen molar-refractivity contribution in [2.45, 2.75) is 6.42 Å². The quantitative estimate of drug-likeness (QED) is 0.869. The van der Waals surface area contributed by atoms with E-state index in [-0.39, 0.29) is 5.91 Å². The summed E-state index contributed by atoms with van der Waals surface area (Å²) in [6, 6.07) is 7.73. The number of rotatable bonds is 4. The van der Waals surface area contributed by atoms with E-state index < -0.39 is 0 Å². The molecular weight excluding hydrogens is 240 g/mol. The van der Waals surface area contributed by atoms with Crippen LogP contribution in [0.5, 0.6) is 0 Å². The predicted molar refractivity (Wildman–Crippen MR) is 73.2 cm³/mol. The van der Waals surface area contributed by atoms with E-state index in [0.717, 1.165) is 24.5 Å². The van der Waals surface area contributed by atoms with E-state index in [2.05, 4.69) is 15.6 Å². The van der Waals surface area contributed by atoms with Crippen molar-refractivity contribution in [2.24, 2.45) is 5.92 Å². The second-order valence-corrected chi connectivity index (χ2v) is 4.76. The zero-order chi connectivity index (χ0) is 13.1. The van der Waals surface area contributed by atoms with Crippen LogP contribution >= 0.6 is 0 Å². The molecule has 0 saturated carbocycles. The number of anilines is 1. The highest BCUT2D eigenvalue weighted by molar-refractivity contribution is 5.93. The number of amides is 1. The SMILES string of the molecule is O=C(CC1CNC1)Nc1ccccc1-n1ccnc1. The second kappa shape index (κ2) is 5.24. The van der Waals surface area contributed by atoms with Gasteiger partial charge < -0.3 is 15.2 Å². The number of carbonyl (C=O) groups is 1. The van der Waals surface area contributed by atoms with Gasteiger partial charge in [-0.1, -0.05) is 12.1 Å². The fourth-order valence-corrected chi connectivity index (χ4v) is 2.16. The van der Waals surface area contributed by atoms with Crippen LogP contribution in [0.3, 0.4) is 0 Å². The Balaban J connectivity index is 1.75. The summed E-state index contributed by atoms with van der Waals surface area (Å²) in [5, 5.41) is 6.15. The molecule has 0 spiro atoms. The minimum absolute atomic E-state index is 0.0686. The summed E-state index contributed by atoms with van der Waals surface area (Å²) in [5.74, 6) is 0.541. The molecule has 0 unspecified atom stereocenters. The normalized spacial score (nSPS) is 14.9. The largest absolute Gasteiger partial charge is 0.324 e. The summed E-state index contributed by atoms with van der Waals surface area (Å²) < 4.78 is 1.89. The van der Waals surface area contributed by atoms with Gasteiger partial charge in [-0.05, 0) is 31.1 Å². The molecule has 98 valence electrons. The lowest BCUT2D eigenvalue weighted by molar-refractivity contribution is -0.117. The van der Waals surface area contributed by atoms with Gasteiger partial charge in [0.25, 0.3) is 0 Å². The maximum atomic E-state index is 12.0. The molecule has 2 heterocycles. The Bertz CT molecular complexity index is 561. The fourth-order valence-electron chi connectivity index (χ4n) is 2.16. The molecule has 0 radical (unpaired) electrons. The lowest BCUT2D eigenvalue weighted by Gasteiger charge is -2.26. The van der Waals surface area contributed by atoms with Crippen molar-refractivity contribution in [3.63, 3.8) is 0 Å². The van der Waals surface area contributed by atoms with Crippen molar-refractivity contribution < 1.29 is 4.79 Å². The minimum atomic E-state index is 0.0686. The van der Waals surface area contributed by atoms with Crippen LogP contribution in [0.4, 0.5) is 5.69 Å². The minimum Gasteiger partial charge on any atom is -0.324 e. The number of nitrogens with one attached hydrogen (secondary N) is 2. The van der Waals surface area contributed by atoms with Crippen molar-refractivity contribution >= 4 is 11.6 Å². The van der Waals surface area contributed by atoms with Gasteiger partial charge >= 0.3 is 0 Å². The zero-order valence-corrected chi connectivity index (χ0v) is 10.5. The average molecular weight is 256 g/mol. The monoisotopic (exact) mass is 256 g/mol. The van der Waals surface area contributed by atoms with Crippen LogP contribution in [0.25, 0.3) is 5.69 Å². The third-order valence-corrected chi connectivity index (χ3v) is 3.30. The van der Waals surface area contributed by atoms with Crippen LogP contribution in [-0.2, 0) is 4.79 Å². The number of para-hydroxylation sites is 2. The van der Waals surface area contributed by atoms with Gasteiger partial charge in [-0.3, -0.25) is 4.79 Å². The van der Waals surface area contributed by atoms with E-state index in [4.69, 9.17) is 0 Å². The van der Waals surface area contributed by atoms with Crippen LogP contribution in [0.2, 0.25) is 0 Å². The molecule has 1 aliphatic rings. The molecule has 1 saturated heterocycles. The Kier molecular flexibility index (Phi) is 3.29. The molecule has 5 heteroatoms. The number of benzene rings is 1. The molecule has 1 amide bonds. The topological polar surface area (TPSA) is 59.0 Å². The molecule has 1 aliphatic heterocycles. The highest BCUT2D eigenvalue weighted by Gasteiger charge is 2.20. The van der Waals surface area contributed by atoms with Crippen LogP contribution in [0.1, 0.15) is 6.42 Å².